The second kappa shape index (κ2) is 6.07. The second-order valence-corrected chi connectivity index (χ2v) is 4.48. The fraction of sp³-hybridized carbons (Fsp3) is 0.615. The third kappa shape index (κ3) is 3.75. The number of pyridine rings is 1. The maximum absolute atomic E-state index is 12.6. The van der Waals surface area contributed by atoms with Crippen LogP contribution in [-0.2, 0) is 4.74 Å². The van der Waals surface area contributed by atoms with Gasteiger partial charge in [-0.3, -0.25) is 4.98 Å². The Hall–Kier alpha value is -1.00. The van der Waals surface area contributed by atoms with Gasteiger partial charge in [0.15, 0.2) is 0 Å². The van der Waals surface area contributed by atoms with Crippen LogP contribution in [0.1, 0.15) is 43.9 Å². The van der Waals surface area contributed by atoms with Crippen LogP contribution in [0.2, 0.25) is 0 Å². The highest BCUT2D eigenvalue weighted by Crippen LogP contribution is 2.22. The van der Waals surface area contributed by atoms with Gasteiger partial charge in [0.1, 0.15) is 5.82 Å². The summed E-state index contributed by atoms with van der Waals surface area (Å²) in [5, 5.41) is 9.86. The zero-order valence-corrected chi connectivity index (χ0v) is 9.81. The predicted molar refractivity (Wildman–Crippen MR) is 62.0 cm³/mol. The highest BCUT2D eigenvalue weighted by atomic mass is 19.1. The summed E-state index contributed by atoms with van der Waals surface area (Å²) in [5.74, 6) is -0.375. The maximum Gasteiger partial charge on any atom is 0.141 e. The van der Waals surface area contributed by atoms with Crippen LogP contribution in [0.25, 0.3) is 0 Å². The molecule has 1 aliphatic heterocycles. The summed E-state index contributed by atoms with van der Waals surface area (Å²) in [6, 6.07) is 2.86. The third-order valence-corrected chi connectivity index (χ3v) is 3.12. The van der Waals surface area contributed by atoms with Gasteiger partial charge in [-0.2, -0.15) is 0 Å². The van der Waals surface area contributed by atoms with E-state index in [1.54, 1.807) is 0 Å². The van der Waals surface area contributed by atoms with E-state index in [1.807, 2.05) is 0 Å². The van der Waals surface area contributed by atoms with Gasteiger partial charge in [0.2, 0.25) is 0 Å². The minimum atomic E-state index is -0.600. The zero-order chi connectivity index (χ0) is 12.1. The Morgan fingerprint density at radius 2 is 2.41 bits per heavy atom. The van der Waals surface area contributed by atoms with E-state index in [9.17, 15) is 9.50 Å². The summed E-state index contributed by atoms with van der Waals surface area (Å²) in [5.41, 5.74) is 0.541. The molecule has 2 rings (SSSR count). The van der Waals surface area contributed by atoms with Crippen molar-refractivity contribution in [1.82, 2.24) is 4.98 Å². The number of halogens is 1. The van der Waals surface area contributed by atoms with Crippen molar-refractivity contribution in [3.05, 3.63) is 29.8 Å². The topological polar surface area (TPSA) is 42.4 Å². The molecule has 0 aliphatic carbocycles. The van der Waals surface area contributed by atoms with Gasteiger partial charge in [-0.25, -0.2) is 4.39 Å². The lowest BCUT2D eigenvalue weighted by Crippen LogP contribution is -2.06. The van der Waals surface area contributed by atoms with Crippen LogP contribution in [0.4, 0.5) is 4.39 Å². The summed E-state index contributed by atoms with van der Waals surface area (Å²) in [7, 11) is 0. The average molecular weight is 239 g/mol. The molecule has 0 aromatic carbocycles. The summed E-state index contributed by atoms with van der Waals surface area (Å²) in [4.78, 5) is 3.87. The molecule has 1 N–H and O–H groups in total. The fourth-order valence-corrected chi connectivity index (χ4v) is 2.14. The van der Waals surface area contributed by atoms with Crippen molar-refractivity contribution < 1.29 is 14.2 Å². The molecule has 94 valence electrons. The van der Waals surface area contributed by atoms with Gasteiger partial charge < -0.3 is 9.84 Å². The maximum atomic E-state index is 12.6. The van der Waals surface area contributed by atoms with Crippen molar-refractivity contribution in [2.24, 2.45) is 0 Å². The Morgan fingerprint density at radius 1 is 1.53 bits per heavy atom. The van der Waals surface area contributed by atoms with E-state index in [4.69, 9.17) is 4.74 Å². The van der Waals surface area contributed by atoms with Crippen molar-refractivity contribution in [3.8, 4) is 0 Å². The lowest BCUT2D eigenvalue weighted by molar-refractivity contribution is 0.0939. The Morgan fingerprint density at radius 3 is 3.06 bits per heavy atom. The smallest absolute Gasteiger partial charge is 0.141 e. The van der Waals surface area contributed by atoms with E-state index < -0.39 is 6.10 Å². The number of aliphatic hydroxyl groups excluding tert-OH is 1. The highest BCUT2D eigenvalue weighted by molar-refractivity contribution is 5.07. The molecule has 1 saturated heterocycles. The first kappa shape index (κ1) is 12.5. The molecule has 17 heavy (non-hydrogen) atoms. The molecule has 0 saturated carbocycles. The zero-order valence-electron chi connectivity index (χ0n) is 9.81. The van der Waals surface area contributed by atoms with Crippen LogP contribution in [0.3, 0.4) is 0 Å². The Bertz CT molecular complexity index is 336. The average Bonchev–Trinajstić information content (AvgIpc) is 2.83. The molecule has 2 atom stereocenters. The molecule has 2 heterocycles. The number of rotatable bonds is 5. The van der Waals surface area contributed by atoms with Crippen molar-refractivity contribution in [2.75, 3.05) is 6.61 Å². The molecule has 1 aliphatic rings. The monoisotopic (exact) mass is 239 g/mol. The summed E-state index contributed by atoms with van der Waals surface area (Å²) >= 11 is 0. The summed E-state index contributed by atoms with van der Waals surface area (Å²) in [6.45, 7) is 0.868. The van der Waals surface area contributed by atoms with Gasteiger partial charge in [-0.1, -0.05) is 0 Å². The third-order valence-electron chi connectivity index (χ3n) is 3.12. The van der Waals surface area contributed by atoms with E-state index >= 15 is 0 Å². The first-order chi connectivity index (χ1) is 8.25. The quantitative estimate of drug-likeness (QED) is 0.858. The number of nitrogens with zero attached hydrogens (tertiary/aromatic N) is 1. The van der Waals surface area contributed by atoms with Crippen LogP contribution in [0.15, 0.2) is 18.3 Å². The lowest BCUT2D eigenvalue weighted by Gasteiger charge is -2.12. The minimum absolute atomic E-state index is 0.364. The van der Waals surface area contributed by atoms with Crippen LogP contribution in [-0.4, -0.2) is 22.8 Å². The summed E-state index contributed by atoms with van der Waals surface area (Å²) in [6.07, 6.45) is 5.72. The largest absolute Gasteiger partial charge is 0.387 e. The molecular formula is C13H18FNO2. The second-order valence-electron chi connectivity index (χ2n) is 4.48. The fourth-order valence-electron chi connectivity index (χ4n) is 2.14. The number of hydrogen-bond donors (Lipinski definition) is 1. The standard InChI is InChI=1S/C13H18FNO2/c14-10-6-7-12(15-9-10)13(16)5-1-3-11-4-2-8-17-11/h6-7,9,11,13,16H,1-5,8H2. The van der Waals surface area contributed by atoms with Gasteiger partial charge in [-0.15, -0.1) is 0 Å². The molecule has 0 spiro atoms. The van der Waals surface area contributed by atoms with Gasteiger partial charge in [0.25, 0.3) is 0 Å². The van der Waals surface area contributed by atoms with E-state index in [0.717, 1.165) is 38.5 Å². The lowest BCUT2D eigenvalue weighted by atomic mass is 10.0. The van der Waals surface area contributed by atoms with Crippen LogP contribution >= 0.6 is 0 Å². The van der Waals surface area contributed by atoms with Crippen LogP contribution in [0, 0.1) is 5.82 Å². The molecule has 1 fully saturated rings. The Kier molecular flexibility index (Phi) is 4.45. The molecule has 1 aromatic heterocycles. The number of aliphatic hydroxyl groups is 1. The number of ether oxygens (including phenoxy) is 1. The SMILES string of the molecule is OC(CCCC1CCCO1)c1ccc(F)cn1. The van der Waals surface area contributed by atoms with E-state index in [1.165, 1.54) is 12.1 Å². The van der Waals surface area contributed by atoms with Gasteiger partial charge >= 0.3 is 0 Å². The summed E-state index contributed by atoms with van der Waals surface area (Å²) < 4.78 is 18.2. The Labute approximate surface area is 101 Å². The van der Waals surface area contributed by atoms with Gasteiger partial charge in [0.05, 0.1) is 24.1 Å². The van der Waals surface area contributed by atoms with Crippen molar-refractivity contribution in [3.63, 3.8) is 0 Å². The first-order valence-corrected chi connectivity index (χ1v) is 6.17. The molecule has 0 radical (unpaired) electrons. The van der Waals surface area contributed by atoms with Crippen LogP contribution in [0.5, 0.6) is 0 Å². The number of hydrogen-bond acceptors (Lipinski definition) is 3. The van der Waals surface area contributed by atoms with Gasteiger partial charge in [0, 0.05) is 6.61 Å². The number of aromatic nitrogens is 1. The van der Waals surface area contributed by atoms with Crippen molar-refractivity contribution in [1.29, 1.82) is 0 Å². The molecule has 4 heteroatoms. The Balaban J connectivity index is 1.72. The normalized spacial score (nSPS) is 21.6. The van der Waals surface area contributed by atoms with Crippen molar-refractivity contribution >= 4 is 0 Å². The predicted octanol–water partition coefficient (Wildman–Crippen LogP) is 2.60. The van der Waals surface area contributed by atoms with Crippen molar-refractivity contribution in [2.45, 2.75) is 44.3 Å². The van der Waals surface area contributed by atoms with Crippen LogP contribution < -0.4 is 0 Å². The van der Waals surface area contributed by atoms with E-state index in [-0.39, 0.29) is 5.82 Å². The molecule has 0 amide bonds. The molecule has 1 aromatic rings. The van der Waals surface area contributed by atoms with E-state index in [0.29, 0.717) is 18.2 Å². The molecule has 3 nitrogen and oxygen atoms in total. The van der Waals surface area contributed by atoms with Gasteiger partial charge in [-0.05, 0) is 44.2 Å². The molecule has 2 unspecified atom stereocenters. The first-order valence-electron chi connectivity index (χ1n) is 6.17. The highest BCUT2D eigenvalue weighted by Gasteiger charge is 2.16. The minimum Gasteiger partial charge on any atom is -0.387 e. The van der Waals surface area contributed by atoms with E-state index in [2.05, 4.69) is 4.98 Å². The molecule has 0 bridgehead atoms. The molecular weight excluding hydrogens is 221 g/mol.